The summed E-state index contributed by atoms with van der Waals surface area (Å²) in [4.78, 5) is 23.7. The average molecular weight is 341 g/mol. The molecule has 0 bridgehead atoms. The van der Waals surface area contributed by atoms with Crippen molar-refractivity contribution in [2.45, 2.75) is 6.92 Å². The third kappa shape index (κ3) is 3.65. The standard InChI is InChI=1S/C16H11ClF2O4/c1-8(20)10-4-3-9(22-2)5-15(10)23-16(21)11-6-13(18)14(19)7-12(11)17/h3-7H,1-2H3. The number of carbonyl (C=O) groups excluding carboxylic acids is 2. The zero-order valence-corrected chi connectivity index (χ0v) is 12.9. The maximum Gasteiger partial charge on any atom is 0.345 e. The number of hydrogen-bond donors (Lipinski definition) is 0. The third-order valence-electron chi connectivity index (χ3n) is 3.00. The number of methoxy groups -OCH3 is 1. The quantitative estimate of drug-likeness (QED) is 0.365. The van der Waals surface area contributed by atoms with E-state index >= 15 is 0 Å². The Labute approximate surface area is 135 Å². The molecule has 0 N–H and O–H groups in total. The van der Waals surface area contributed by atoms with E-state index in [-0.39, 0.29) is 27.7 Å². The van der Waals surface area contributed by atoms with Crippen LogP contribution in [0.5, 0.6) is 11.5 Å². The molecule has 0 amide bonds. The van der Waals surface area contributed by atoms with Gasteiger partial charge in [-0.15, -0.1) is 0 Å². The Morgan fingerprint density at radius 1 is 1.04 bits per heavy atom. The Kier molecular flexibility index (Phi) is 4.95. The molecule has 0 atom stereocenters. The van der Waals surface area contributed by atoms with E-state index in [4.69, 9.17) is 21.1 Å². The number of ketones is 1. The maximum absolute atomic E-state index is 13.3. The molecule has 0 aromatic heterocycles. The lowest BCUT2D eigenvalue weighted by Crippen LogP contribution is -2.12. The van der Waals surface area contributed by atoms with Crippen LogP contribution in [0.15, 0.2) is 30.3 Å². The number of esters is 1. The molecule has 0 radical (unpaired) electrons. The fourth-order valence-electron chi connectivity index (χ4n) is 1.84. The zero-order valence-electron chi connectivity index (χ0n) is 12.2. The van der Waals surface area contributed by atoms with Gasteiger partial charge in [0.15, 0.2) is 17.4 Å². The SMILES string of the molecule is COc1ccc(C(C)=O)c(OC(=O)c2cc(F)c(F)cc2Cl)c1. The minimum atomic E-state index is -1.24. The molecular formula is C16H11ClF2O4. The van der Waals surface area contributed by atoms with Gasteiger partial charge in [0, 0.05) is 6.07 Å². The molecule has 2 aromatic carbocycles. The van der Waals surface area contributed by atoms with Crippen LogP contribution in [0.2, 0.25) is 5.02 Å². The summed E-state index contributed by atoms with van der Waals surface area (Å²) >= 11 is 5.72. The lowest BCUT2D eigenvalue weighted by molar-refractivity contribution is 0.0732. The smallest absolute Gasteiger partial charge is 0.345 e. The molecule has 0 aliphatic rings. The first-order valence-electron chi connectivity index (χ1n) is 6.39. The van der Waals surface area contributed by atoms with E-state index < -0.39 is 17.6 Å². The summed E-state index contributed by atoms with van der Waals surface area (Å²) in [5.74, 6) is -3.50. The Morgan fingerprint density at radius 3 is 2.30 bits per heavy atom. The fraction of sp³-hybridized carbons (Fsp3) is 0.125. The van der Waals surface area contributed by atoms with Gasteiger partial charge in [0.2, 0.25) is 0 Å². The molecule has 0 aliphatic carbocycles. The van der Waals surface area contributed by atoms with Gasteiger partial charge in [0.05, 0.1) is 23.3 Å². The van der Waals surface area contributed by atoms with E-state index in [0.29, 0.717) is 17.9 Å². The largest absolute Gasteiger partial charge is 0.497 e. The van der Waals surface area contributed by atoms with Gasteiger partial charge in [-0.2, -0.15) is 0 Å². The molecule has 23 heavy (non-hydrogen) atoms. The normalized spacial score (nSPS) is 10.3. The summed E-state index contributed by atoms with van der Waals surface area (Å²) in [5.41, 5.74) is -0.222. The number of ether oxygens (including phenoxy) is 2. The minimum absolute atomic E-state index is 0.0670. The number of hydrogen-bond acceptors (Lipinski definition) is 4. The maximum atomic E-state index is 13.3. The van der Waals surface area contributed by atoms with E-state index in [2.05, 4.69) is 0 Å². The molecule has 0 saturated carbocycles. The number of rotatable bonds is 4. The molecule has 0 fully saturated rings. The highest BCUT2D eigenvalue weighted by atomic mass is 35.5. The molecule has 0 spiro atoms. The summed E-state index contributed by atoms with van der Waals surface area (Å²) in [7, 11) is 1.40. The van der Waals surface area contributed by atoms with Gasteiger partial charge in [-0.3, -0.25) is 4.79 Å². The van der Waals surface area contributed by atoms with Gasteiger partial charge in [0.25, 0.3) is 0 Å². The summed E-state index contributed by atoms with van der Waals surface area (Å²) in [6.07, 6.45) is 0. The zero-order chi connectivity index (χ0) is 17.1. The third-order valence-corrected chi connectivity index (χ3v) is 3.31. The second-order valence-corrected chi connectivity index (χ2v) is 4.96. The van der Waals surface area contributed by atoms with E-state index in [9.17, 15) is 18.4 Å². The van der Waals surface area contributed by atoms with Crippen molar-refractivity contribution in [3.8, 4) is 11.5 Å². The average Bonchev–Trinajstić information content (AvgIpc) is 2.50. The van der Waals surface area contributed by atoms with Crippen molar-refractivity contribution in [1.82, 2.24) is 0 Å². The molecule has 120 valence electrons. The van der Waals surface area contributed by atoms with Gasteiger partial charge in [-0.1, -0.05) is 11.6 Å². The van der Waals surface area contributed by atoms with Crippen molar-refractivity contribution in [2.24, 2.45) is 0 Å². The van der Waals surface area contributed by atoms with Crippen LogP contribution in [-0.2, 0) is 0 Å². The van der Waals surface area contributed by atoms with Crippen molar-refractivity contribution in [3.05, 3.63) is 58.1 Å². The van der Waals surface area contributed by atoms with Gasteiger partial charge in [-0.05, 0) is 31.2 Å². The molecular weight excluding hydrogens is 330 g/mol. The van der Waals surface area contributed by atoms with E-state index in [1.54, 1.807) is 0 Å². The summed E-state index contributed by atoms with van der Waals surface area (Å²) in [5, 5.41) is -0.304. The molecule has 0 heterocycles. The molecule has 0 unspecified atom stereocenters. The molecule has 2 rings (SSSR count). The van der Waals surface area contributed by atoms with Gasteiger partial charge < -0.3 is 9.47 Å². The lowest BCUT2D eigenvalue weighted by Gasteiger charge is -2.11. The summed E-state index contributed by atoms with van der Waals surface area (Å²) in [6.45, 7) is 1.30. The minimum Gasteiger partial charge on any atom is -0.497 e. The number of benzene rings is 2. The number of halogens is 3. The second-order valence-electron chi connectivity index (χ2n) is 4.55. The van der Waals surface area contributed by atoms with Crippen molar-refractivity contribution < 1.29 is 27.8 Å². The predicted octanol–water partition coefficient (Wildman–Crippen LogP) is 4.05. The highest BCUT2D eigenvalue weighted by Crippen LogP contribution is 2.28. The molecule has 0 aliphatic heterocycles. The van der Waals surface area contributed by atoms with Gasteiger partial charge in [-0.25, -0.2) is 13.6 Å². The van der Waals surface area contributed by atoms with E-state index in [1.807, 2.05) is 0 Å². The molecule has 7 heteroatoms. The molecule has 4 nitrogen and oxygen atoms in total. The predicted molar refractivity (Wildman–Crippen MR) is 79.3 cm³/mol. The highest BCUT2D eigenvalue weighted by molar-refractivity contribution is 6.33. The Balaban J connectivity index is 2.40. The topological polar surface area (TPSA) is 52.6 Å². The summed E-state index contributed by atoms with van der Waals surface area (Å²) in [6, 6.07) is 5.59. The Hall–Kier alpha value is -2.47. The van der Waals surface area contributed by atoms with Crippen LogP contribution in [-0.4, -0.2) is 18.9 Å². The van der Waals surface area contributed by atoms with Crippen molar-refractivity contribution in [1.29, 1.82) is 0 Å². The van der Waals surface area contributed by atoms with Crippen LogP contribution >= 0.6 is 11.6 Å². The first kappa shape index (κ1) is 16.9. The fourth-order valence-corrected chi connectivity index (χ4v) is 2.07. The molecule has 2 aromatic rings. The van der Waals surface area contributed by atoms with Crippen LogP contribution in [0.4, 0.5) is 8.78 Å². The van der Waals surface area contributed by atoms with Gasteiger partial charge in [0.1, 0.15) is 11.5 Å². The van der Waals surface area contributed by atoms with Crippen LogP contribution < -0.4 is 9.47 Å². The second kappa shape index (κ2) is 6.75. The van der Waals surface area contributed by atoms with E-state index in [0.717, 1.165) is 0 Å². The lowest BCUT2D eigenvalue weighted by atomic mass is 10.1. The van der Waals surface area contributed by atoms with E-state index in [1.165, 1.54) is 32.2 Å². The van der Waals surface area contributed by atoms with Crippen LogP contribution in [0.3, 0.4) is 0 Å². The van der Waals surface area contributed by atoms with Crippen molar-refractivity contribution >= 4 is 23.4 Å². The van der Waals surface area contributed by atoms with Crippen LogP contribution in [0.25, 0.3) is 0 Å². The Morgan fingerprint density at radius 2 is 1.70 bits per heavy atom. The van der Waals surface area contributed by atoms with Crippen LogP contribution in [0.1, 0.15) is 27.6 Å². The number of Topliss-reactive ketones (excluding diaryl/α,β-unsaturated/α-hetero) is 1. The van der Waals surface area contributed by atoms with Crippen molar-refractivity contribution in [2.75, 3.05) is 7.11 Å². The Bertz CT molecular complexity index is 790. The molecule has 0 saturated heterocycles. The monoisotopic (exact) mass is 340 g/mol. The van der Waals surface area contributed by atoms with Crippen LogP contribution in [0, 0.1) is 11.6 Å². The highest BCUT2D eigenvalue weighted by Gasteiger charge is 2.19. The van der Waals surface area contributed by atoms with Crippen molar-refractivity contribution in [3.63, 3.8) is 0 Å². The van der Waals surface area contributed by atoms with Gasteiger partial charge >= 0.3 is 5.97 Å². The first-order chi connectivity index (χ1) is 10.8. The number of carbonyl (C=O) groups is 2. The first-order valence-corrected chi connectivity index (χ1v) is 6.77. The summed E-state index contributed by atoms with van der Waals surface area (Å²) < 4.78 is 36.4.